The van der Waals surface area contributed by atoms with Crippen LogP contribution >= 0.6 is 11.9 Å². The Bertz CT molecular complexity index is 639. The first-order valence-corrected chi connectivity index (χ1v) is 10.3. The molecule has 0 aliphatic heterocycles. The van der Waals surface area contributed by atoms with Crippen molar-refractivity contribution in [1.29, 1.82) is 0 Å². The molecule has 3 rings (SSSR count). The van der Waals surface area contributed by atoms with E-state index in [1.54, 1.807) is 11.9 Å². The van der Waals surface area contributed by atoms with E-state index in [0.717, 1.165) is 35.1 Å². The molecule has 1 saturated carbocycles. The van der Waals surface area contributed by atoms with Crippen LogP contribution in [0.4, 0.5) is 11.8 Å². The smallest absolute Gasteiger partial charge is 0.225 e. The molecule has 1 aromatic heterocycles. The highest BCUT2D eigenvalue weighted by Crippen LogP contribution is 2.26. The first kappa shape index (κ1) is 19.8. The number of rotatable bonds is 5. The summed E-state index contributed by atoms with van der Waals surface area (Å²) in [6.45, 7) is 0.991. The van der Waals surface area contributed by atoms with Crippen molar-refractivity contribution in [3.8, 4) is 0 Å². The minimum atomic E-state index is 0.753. The third-order valence-corrected chi connectivity index (χ3v) is 4.89. The maximum atomic E-state index is 4.69. The Balaban J connectivity index is 0.000000511. The highest BCUT2D eigenvalue weighted by atomic mass is 32.2. The standard InChI is InChI=1S/C17H24N4.C2H7NS/c1-21(2)16-14-10-6-7-11-15(14)19-17(20-16)18-12-13-8-4-3-5-9-13;1-3-4-2/h6-7,10-11,13H,3-5,8-9,12H2,1-2H3,(H,18,19,20);3H,1-2H3. The molecule has 0 spiro atoms. The minimum Gasteiger partial charge on any atom is -0.362 e. The minimum absolute atomic E-state index is 0.753. The van der Waals surface area contributed by atoms with E-state index in [-0.39, 0.29) is 0 Å². The van der Waals surface area contributed by atoms with Crippen molar-refractivity contribution >= 4 is 34.6 Å². The van der Waals surface area contributed by atoms with Crippen LogP contribution in [-0.2, 0) is 0 Å². The van der Waals surface area contributed by atoms with E-state index < -0.39 is 0 Å². The van der Waals surface area contributed by atoms with Crippen LogP contribution in [0.3, 0.4) is 0 Å². The third kappa shape index (κ3) is 6.04. The van der Waals surface area contributed by atoms with Crippen molar-refractivity contribution in [2.24, 2.45) is 5.92 Å². The molecule has 0 bridgehead atoms. The molecule has 1 fully saturated rings. The molecule has 138 valence electrons. The van der Waals surface area contributed by atoms with Crippen molar-refractivity contribution < 1.29 is 0 Å². The zero-order valence-electron chi connectivity index (χ0n) is 15.9. The summed E-state index contributed by atoms with van der Waals surface area (Å²) in [6, 6.07) is 8.19. The predicted octanol–water partition coefficient (Wildman–Crippen LogP) is 4.17. The Kier molecular flexibility index (Phi) is 8.28. The fourth-order valence-corrected chi connectivity index (χ4v) is 3.11. The van der Waals surface area contributed by atoms with Gasteiger partial charge < -0.3 is 10.2 Å². The van der Waals surface area contributed by atoms with Crippen molar-refractivity contribution in [2.75, 3.05) is 44.2 Å². The van der Waals surface area contributed by atoms with E-state index >= 15 is 0 Å². The number of nitrogens with zero attached hydrogens (tertiary/aromatic N) is 3. The van der Waals surface area contributed by atoms with Gasteiger partial charge >= 0.3 is 0 Å². The van der Waals surface area contributed by atoms with E-state index in [2.05, 4.69) is 37.0 Å². The number of benzene rings is 1. The largest absolute Gasteiger partial charge is 0.362 e. The van der Waals surface area contributed by atoms with Crippen LogP contribution in [0.25, 0.3) is 10.9 Å². The van der Waals surface area contributed by atoms with Crippen LogP contribution in [0.1, 0.15) is 32.1 Å². The molecule has 0 unspecified atom stereocenters. The molecule has 1 heterocycles. The number of hydrogen-bond acceptors (Lipinski definition) is 6. The fourth-order valence-electron chi connectivity index (χ4n) is 3.11. The molecule has 0 atom stereocenters. The number of fused-ring (bicyclic) bond motifs is 1. The molecule has 5 nitrogen and oxygen atoms in total. The second kappa shape index (κ2) is 10.5. The number of hydrogen-bond donors (Lipinski definition) is 2. The van der Waals surface area contributed by atoms with Crippen LogP contribution in [-0.4, -0.2) is 43.9 Å². The Hall–Kier alpha value is -1.53. The third-order valence-electron chi connectivity index (χ3n) is 4.48. The summed E-state index contributed by atoms with van der Waals surface area (Å²) in [4.78, 5) is 11.4. The van der Waals surface area contributed by atoms with Gasteiger partial charge in [0.05, 0.1) is 5.52 Å². The molecule has 1 aromatic carbocycles. The maximum Gasteiger partial charge on any atom is 0.225 e. The van der Waals surface area contributed by atoms with Gasteiger partial charge in [-0.25, -0.2) is 4.98 Å². The molecule has 6 heteroatoms. The first-order valence-electron chi connectivity index (χ1n) is 9.03. The Morgan fingerprint density at radius 1 is 1.12 bits per heavy atom. The van der Waals surface area contributed by atoms with E-state index in [1.165, 1.54) is 32.1 Å². The Morgan fingerprint density at radius 3 is 2.44 bits per heavy atom. The Labute approximate surface area is 156 Å². The Morgan fingerprint density at radius 2 is 1.80 bits per heavy atom. The molecule has 0 amide bonds. The molecule has 0 saturated heterocycles. The van der Waals surface area contributed by atoms with E-state index in [9.17, 15) is 0 Å². The second-order valence-corrected chi connectivity index (χ2v) is 7.39. The van der Waals surface area contributed by atoms with Gasteiger partial charge in [0.25, 0.3) is 0 Å². The SMILES string of the molecule is CN(C)c1nc(NCC2CCCCC2)nc2ccccc12.CNSC. The predicted molar refractivity (Wildman–Crippen MR) is 112 cm³/mol. The quantitative estimate of drug-likeness (QED) is 0.780. The average molecular weight is 362 g/mol. The molecular formula is C19H31N5S. The van der Waals surface area contributed by atoms with E-state index in [4.69, 9.17) is 0 Å². The van der Waals surface area contributed by atoms with Crippen LogP contribution < -0.4 is 14.9 Å². The lowest BCUT2D eigenvalue weighted by molar-refractivity contribution is 0.373. The van der Waals surface area contributed by atoms with E-state index in [0.29, 0.717) is 0 Å². The second-order valence-electron chi connectivity index (χ2n) is 6.58. The van der Waals surface area contributed by atoms with Gasteiger partial charge in [0.15, 0.2) is 0 Å². The molecule has 1 aliphatic rings. The number of aromatic nitrogens is 2. The number of para-hydroxylation sites is 1. The van der Waals surface area contributed by atoms with Gasteiger partial charge in [-0.15, -0.1) is 0 Å². The summed E-state index contributed by atoms with van der Waals surface area (Å²) in [5.41, 5.74) is 1.00. The average Bonchev–Trinajstić information content (AvgIpc) is 2.66. The van der Waals surface area contributed by atoms with Crippen LogP contribution in [0.15, 0.2) is 24.3 Å². The summed E-state index contributed by atoms with van der Waals surface area (Å²) in [5, 5.41) is 4.56. The van der Waals surface area contributed by atoms with Gasteiger partial charge in [-0.3, -0.25) is 4.72 Å². The molecule has 2 aromatic rings. The summed E-state index contributed by atoms with van der Waals surface area (Å²) in [5.74, 6) is 2.51. The van der Waals surface area contributed by atoms with Gasteiger partial charge in [-0.1, -0.05) is 43.3 Å². The van der Waals surface area contributed by atoms with Crippen molar-refractivity contribution in [1.82, 2.24) is 14.7 Å². The summed E-state index contributed by atoms with van der Waals surface area (Å²) in [7, 11) is 5.95. The monoisotopic (exact) mass is 361 g/mol. The van der Waals surface area contributed by atoms with Gasteiger partial charge in [0.1, 0.15) is 5.82 Å². The molecule has 25 heavy (non-hydrogen) atoms. The molecular weight excluding hydrogens is 330 g/mol. The lowest BCUT2D eigenvalue weighted by atomic mass is 9.89. The van der Waals surface area contributed by atoms with Gasteiger partial charge in [0.2, 0.25) is 5.95 Å². The highest BCUT2D eigenvalue weighted by molar-refractivity contribution is 7.96. The van der Waals surface area contributed by atoms with E-state index in [1.807, 2.05) is 39.5 Å². The zero-order chi connectivity index (χ0) is 18.1. The van der Waals surface area contributed by atoms with Crippen LogP contribution in [0.2, 0.25) is 0 Å². The van der Waals surface area contributed by atoms with Gasteiger partial charge in [0, 0.05) is 26.0 Å². The summed E-state index contributed by atoms with van der Waals surface area (Å²) < 4.78 is 2.85. The van der Waals surface area contributed by atoms with Gasteiger partial charge in [-0.2, -0.15) is 4.98 Å². The highest BCUT2D eigenvalue weighted by Gasteiger charge is 2.14. The zero-order valence-corrected chi connectivity index (χ0v) is 16.7. The normalized spacial score (nSPS) is 14.7. The van der Waals surface area contributed by atoms with Gasteiger partial charge in [-0.05, 0) is 44.2 Å². The number of anilines is 2. The van der Waals surface area contributed by atoms with Crippen LogP contribution in [0, 0.1) is 5.92 Å². The van der Waals surface area contributed by atoms with Crippen molar-refractivity contribution in [3.05, 3.63) is 24.3 Å². The number of nitrogens with one attached hydrogen (secondary N) is 2. The molecule has 0 radical (unpaired) electrons. The maximum absolute atomic E-state index is 4.69. The first-order chi connectivity index (χ1) is 12.2. The molecule has 2 N–H and O–H groups in total. The lowest BCUT2D eigenvalue weighted by Gasteiger charge is -2.22. The lowest BCUT2D eigenvalue weighted by Crippen LogP contribution is -2.19. The molecule has 1 aliphatic carbocycles. The van der Waals surface area contributed by atoms with Crippen molar-refractivity contribution in [2.45, 2.75) is 32.1 Å². The fraction of sp³-hybridized carbons (Fsp3) is 0.579. The topological polar surface area (TPSA) is 53.1 Å². The summed E-state index contributed by atoms with van der Waals surface area (Å²) >= 11 is 1.61. The van der Waals surface area contributed by atoms with Crippen molar-refractivity contribution in [3.63, 3.8) is 0 Å². The summed E-state index contributed by atoms with van der Waals surface area (Å²) in [6.07, 6.45) is 8.79. The van der Waals surface area contributed by atoms with Crippen LogP contribution in [0.5, 0.6) is 0 Å².